The van der Waals surface area contributed by atoms with Crippen molar-refractivity contribution in [3.63, 3.8) is 0 Å². The van der Waals surface area contributed by atoms with Crippen LogP contribution < -0.4 is 5.73 Å². The maximum absolute atomic E-state index is 5.13. The van der Waals surface area contributed by atoms with Gasteiger partial charge in [-0.05, 0) is 106 Å². The molecule has 3 fully saturated rings. The SMILES string of the molecule is C=Cc1cc(C2C(CCS)CC23CC3)sc1/C(C)=C\C.CCCOCCC.NC=C1CC1. The molecule has 2 N–H and O–H groups in total. The average molecular weight is 476 g/mol. The summed E-state index contributed by atoms with van der Waals surface area (Å²) < 4.78 is 5.13. The van der Waals surface area contributed by atoms with Gasteiger partial charge in [-0.3, -0.25) is 0 Å². The van der Waals surface area contributed by atoms with Gasteiger partial charge in [0, 0.05) is 28.9 Å². The van der Waals surface area contributed by atoms with E-state index in [1.807, 2.05) is 17.4 Å². The van der Waals surface area contributed by atoms with Gasteiger partial charge < -0.3 is 10.5 Å². The summed E-state index contributed by atoms with van der Waals surface area (Å²) in [6.07, 6.45) is 16.3. The number of hydrogen-bond acceptors (Lipinski definition) is 4. The van der Waals surface area contributed by atoms with Crippen molar-refractivity contribution >= 4 is 35.6 Å². The molecule has 2 atom stereocenters. The van der Waals surface area contributed by atoms with Gasteiger partial charge in [0.25, 0.3) is 0 Å². The predicted molar refractivity (Wildman–Crippen MR) is 148 cm³/mol. The highest BCUT2D eigenvalue weighted by Gasteiger charge is 2.61. The molecule has 3 aliphatic rings. The average Bonchev–Trinajstić information content (AvgIpc) is 3.72. The maximum atomic E-state index is 5.13. The van der Waals surface area contributed by atoms with Crippen LogP contribution in [-0.2, 0) is 4.74 Å². The molecular weight excluding hydrogens is 430 g/mol. The van der Waals surface area contributed by atoms with Gasteiger partial charge in [-0.25, -0.2) is 0 Å². The Balaban J connectivity index is 0.000000248. The first-order valence-corrected chi connectivity index (χ1v) is 13.9. The van der Waals surface area contributed by atoms with E-state index in [0.717, 1.165) is 43.6 Å². The van der Waals surface area contributed by atoms with Crippen molar-refractivity contribution in [2.24, 2.45) is 17.1 Å². The molecule has 2 unspecified atom stereocenters. The predicted octanol–water partition coefficient (Wildman–Crippen LogP) is 8.46. The van der Waals surface area contributed by atoms with Crippen molar-refractivity contribution < 1.29 is 4.74 Å². The summed E-state index contributed by atoms with van der Waals surface area (Å²) >= 11 is 6.46. The van der Waals surface area contributed by atoms with Crippen LogP contribution in [0, 0.1) is 11.3 Å². The normalized spacial score (nSPS) is 22.2. The van der Waals surface area contributed by atoms with Gasteiger partial charge in [0.1, 0.15) is 0 Å². The van der Waals surface area contributed by atoms with E-state index in [4.69, 9.17) is 10.5 Å². The molecule has 4 heteroatoms. The lowest BCUT2D eigenvalue weighted by Gasteiger charge is -2.45. The number of thiol groups is 1. The smallest absolute Gasteiger partial charge is 0.0463 e. The van der Waals surface area contributed by atoms with Gasteiger partial charge in [-0.15, -0.1) is 11.3 Å². The second-order valence-electron chi connectivity index (χ2n) is 9.36. The molecule has 1 aromatic heterocycles. The molecule has 0 amide bonds. The van der Waals surface area contributed by atoms with Crippen molar-refractivity contribution in [2.75, 3.05) is 19.0 Å². The summed E-state index contributed by atoms with van der Waals surface area (Å²) in [7, 11) is 0. The van der Waals surface area contributed by atoms with E-state index in [1.165, 1.54) is 60.1 Å². The Hall–Kier alpha value is -0.970. The Bertz CT molecular complexity index is 762. The Morgan fingerprint density at radius 3 is 2.34 bits per heavy atom. The summed E-state index contributed by atoms with van der Waals surface area (Å²) in [5.74, 6) is 2.69. The maximum Gasteiger partial charge on any atom is 0.0463 e. The van der Waals surface area contributed by atoms with E-state index < -0.39 is 0 Å². The monoisotopic (exact) mass is 475 g/mol. The second kappa shape index (κ2) is 13.7. The highest BCUT2D eigenvalue weighted by atomic mass is 32.1. The zero-order valence-corrected chi connectivity index (χ0v) is 22.5. The largest absolute Gasteiger partial charge is 0.405 e. The number of allylic oxidation sites excluding steroid dienone is 3. The van der Waals surface area contributed by atoms with Crippen LogP contribution in [0.2, 0.25) is 0 Å². The Kier molecular flexibility index (Phi) is 11.7. The minimum Gasteiger partial charge on any atom is -0.405 e. The summed E-state index contributed by atoms with van der Waals surface area (Å²) in [5, 5.41) is 0. The highest BCUT2D eigenvalue weighted by Crippen LogP contribution is 2.72. The van der Waals surface area contributed by atoms with Gasteiger partial charge >= 0.3 is 0 Å². The van der Waals surface area contributed by atoms with Crippen molar-refractivity contribution in [1.82, 2.24) is 0 Å². The standard InChI is InChI=1S/C18H24S2.C6H14O.C4H7N/c1-4-12(3)17-13(5-2)10-15(20-17)16-14(6-9-19)11-18(16)7-8-18;1-3-5-7-6-4-2;5-3-4-1-2-4/h4-5,10,14,16,19H,2,6-9,11H2,1,3H3;3-6H2,1-2H3;3H,1-2,5H2/b12-4-;;. The summed E-state index contributed by atoms with van der Waals surface area (Å²) in [5.41, 5.74) is 9.87. The molecule has 3 aliphatic carbocycles. The third-order valence-corrected chi connectivity index (χ3v) is 8.39. The molecule has 2 nitrogen and oxygen atoms in total. The Morgan fingerprint density at radius 1 is 1.28 bits per heavy atom. The summed E-state index contributed by atoms with van der Waals surface area (Å²) in [4.78, 5) is 3.02. The van der Waals surface area contributed by atoms with Crippen LogP contribution in [0.3, 0.4) is 0 Å². The molecule has 0 bridgehead atoms. The first-order chi connectivity index (χ1) is 15.5. The number of ether oxygens (including phenoxy) is 1. The van der Waals surface area contributed by atoms with Gasteiger partial charge in [0.15, 0.2) is 0 Å². The van der Waals surface area contributed by atoms with Crippen LogP contribution in [0.5, 0.6) is 0 Å². The fourth-order valence-electron chi connectivity index (χ4n) is 4.55. The summed E-state index contributed by atoms with van der Waals surface area (Å²) in [6.45, 7) is 14.4. The van der Waals surface area contributed by atoms with Crippen molar-refractivity contribution in [3.8, 4) is 0 Å². The molecule has 0 radical (unpaired) electrons. The quantitative estimate of drug-likeness (QED) is 0.277. The molecular formula is C28H45NOS2. The minimum atomic E-state index is 0.679. The lowest BCUT2D eigenvalue weighted by Crippen LogP contribution is -2.36. The van der Waals surface area contributed by atoms with Gasteiger partial charge in [-0.2, -0.15) is 12.6 Å². The fourth-order valence-corrected chi connectivity index (χ4v) is 6.41. The number of hydrogen-bond donors (Lipinski definition) is 2. The Labute approximate surface area is 206 Å². The molecule has 1 heterocycles. The first kappa shape index (κ1) is 27.3. The van der Waals surface area contributed by atoms with Crippen LogP contribution in [0.15, 0.2) is 30.5 Å². The first-order valence-electron chi connectivity index (χ1n) is 12.5. The fraction of sp³-hybridized carbons (Fsp3) is 0.643. The van der Waals surface area contributed by atoms with E-state index in [2.05, 4.69) is 59.0 Å². The van der Waals surface area contributed by atoms with Crippen molar-refractivity contribution in [3.05, 3.63) is 45.8 Å². The van der Waals surface area contributed by atoms with Crippen LogP contribution in [0.1, 0.15) is 100 Å². The molecule has 0 aromatic carbocycles. The lowest BCUT2D eigenvalue weighted by atomic mass is 9.60. The minimum absolute atomic E-state index is 0.679. The van der Waals surface area contributed by atoms with Gasteiger partial charge in [0.2, 0.25) is 0 Å². The summed E-state index contributed by atoms with van der Waals surface area (Å²) in [6, 6.07) is 2.41. The van der Waals surface area contributed by atoms with Crippen LogP contribution in [-0.4, -0.2) is 19.0 Å². The van der Waals surface area contributed by atoms with Crippen LogP contribution >= 0.6 is 24.0 Å². The molecule has 180 valence electrons. The van der Waals surface area contributed by atoms with Crippen molar-refractivity contribution in [2.45, 2.75) is 85.0 Å². The highest BCUT2D eigenvalue weighted by molar-refractivity contribution is 7.80. The van der Waals surface area contributed by atoms with E-state index in [0.29, 0.717) is 5.41 Å². The van der Waals surface area contributed by atoms with E-state index >= 15 is 0 Å². The molecule has 3 saturated carbocycles. The zero-order valence-electron chi connectivity index (χ0n) is 20.8. The number of rotatable bonds is 9. The third-order valence-electron chi connectivity index (χ3n) is 6.76. The van der Waals surface area contributed by atoms with Gasteiger partial charge in [-0.1, -0.05) is 38.2 Å². The van der Waals surface area contributed by atoms with Gasteiger partial charge in [0.05, 0.1) is 0 Å². The van der Waals surface area contributed by atoms with E-state index in [9.17, 15) is 0 Å². The lowest BCUT2D eigenvalue weighted by molar-refractivity contribution is 0.116. The zero-order chi connectivity index (χ0) is 23.6. The second-order valence-corrected chi connectivity index (χ2v) is 10.9. The topological polar surface area (TPSA) is 35.2 Å². The molecule has 0 saturated heterocycles. The van der Waals surface area contributed by atoms with E-state index in [1.54, 1.807) is 11.1 Å². The molecule has 4 rings (SSSR count). The van der Waals surface area contributed by atoms with Crippen LogP contribution in [0.25, 0.3) is 11.6 Å². The van der Waals surface area contributed by atoms with Crippen molar-refractivity contribution in [1.29, 1.82) is 0 Å². The molecule has 1 spiro atoms. The van der Waals surface area contributed by atoms with Crippen LogP contribution in [0.4, 0.5) is 0 Å². The third kappa shape index (κ3) is 7.53. The number of thiophene rings is 1. The number of nitrogens with two attached hydrogens (primary N) is 1. The molecule has 32 heavy (non-hydrogen) atoms. The molecule has 0 aliphatic heterocycles. The Morgan fingerprint density at radius 2 is 1.94 bits per heavy atom. The van der Waals surface area contributed by atoms with E-state index in [-0.39, 0.29) is 0 Å². The molecule has 1 aromatic rings.